The number of para-hydroxylation sites is 1. The molecule has 4 rings (SSSR count). The summed E-state index contributed by atoms with van der Waals surface area (Å²) < 4.78 is 5.30. The maximum Gasteiger partial charge on any atom is 0.276 e. The second-order valence-corrected chi connectivity index (χ2v) is 6.76. The Morgan fingerprint density at radius 3 is 2.79 bits per heavy atom. The first-order chi connectivity index (χ1) is 13.7. The van der Waals surface area contributed by atoms with E-state index in [1.54, 1.807) is 29.4 Å². The van der Waals surface area contributed by atoms with Gasteiger partial charge in [0.05, 0.1) is 5.92 Å². The molecule has 1 aliphatic heterocycles. The molecule has 1 saturated heterocycles. The molecule has 0 saturated carbocycles. The van der Waals surface area contributed by atoms with Crippen molar-refractivity contribution in [1.29, 1.82) is 0 Å². The van der Waals surface area contributed by atoms with E-state index in [1.165, 1.54) is 0 Å². The molecule has 7 heteroatoms. The van der Waals surface area contributed by atoms with Crippen LogP contribution >= 0.6 is 0 Å². The van der Waals surface area contributed by atoms with Gasteiger partial charge in [0.1, 0.15) is 0 Å². The van der Waals surface area contributed by atoms with Crippen molar-refractivity contribution in [3.63, 3.8) is 0 Å². The van der Waals surface area contributed by atoms with Gasteiger partial charge in [-0.25, -0.2) is 0 Å². The zero-order valence-electron chi connectivity index (χ0n) is 15.2. The SMILES string of the molecule is O=C(Nc1ccccc1)[C@H]1CCCN(C(=O)c2cc(-c3cccnc3)on2)C1. The quantitative estimate of drug-likeness (QED) is 0.755. The van der Waals surface area contributed by atoms with Gasteiger partial charge in [-0.15, -0.1) is 0 Å². The van der Waals surface area contributed by atoms with E-state index in [4.69, 9.17) is 4.52 Å². The maximum atomic E-state index is 12.8. The van der Waals surface area contributed by atoms with Gasteiger partial charge >= 0.3 is 0 Å². The summed E-state index contributed by atoms with van der Waals surface area (Å²) in [7, 11) is 0. The van der Waals surface area contributed by atoms with Crippen LogP contribution in [0, 0.1) is 5.92 Å². The Morgan fingerprint density at radius 2 is 2.00 bits per heavy atom. The fourth-order valence-electron chi connectivity index (χ4n) is 3.32. The summed E-state index contributed by atoms with van der Waals surface area (Å²) >= 11 is 0. The predicted molar refractivity (Wildman–Crippen MR) is 103 cm³/mol. The van der Waals surface area contributed by atoms with E-state index in [0.717, 1.165) is 24.1 Å². The van der Waals surface area contributed by atoms with Gasteiger partial charge in [0.25, 0.3) is 5.91 Å². The molecule has 2 aromatic heterocycles. The minimum absolute atomic E-state index is 0.0695. The highest BCUT2D eigenvalue weighted by atomic mass is 16.5. The normalized spacial score (nSPS) is 16.6. The molecule has 0 aliphatic carbocycles. The van der Waals surface area contributed by atoms with E-state index < -0.39 is 0 Å². The highest BCUT2D eigenvalue weighted by Crippen LogP contribution is 2.23. The second-order valence-electron chi connectivity index (χ2n) is 6.76. The van der Waals surface area contributed by atoms with Crippen LogP contribution in [0.15, 0.2) is 65.4 Å². The van der Waals surface area contributed by atoms with E-state index in [1.807, 2.05) is 36.4 Å². The van der Waals surface area contributed by atoms with Crippen LogP contribution in [-0.2, 0) is 4.79 Å². The zero-order valence-corrected chi connectivity index (χ0v) is 15.2. The van der Waals surface area contributed by atoms with Crippen LogP contribution < -0.4 is 5.32 Å². The number of anilines is 1. The lowest BCUT2D eigenvalue weighted by Crippen LogP contribution is -2.43. The number of amides is 2. The number of piperidine rings is 1. The number of likely N-dealkylation sites (tertiary alicyclic amines) is 1. The van der Waals surface area contributed by atoms with Gasteiger partial charge in [-0.3, -0.25) is 14.6 Å². The lowest BCUT2D eigenvalue weighted by molar-refractivity contribution is -0.121. The van der Waals surface area contributed by atoms with Crippen molar-refractivity contribution >= 4 is 17.5 Å². The topological polar surface area (TPSA) is 88.3 Å². The zero-order chi connectivity index (χ0) is 19.3. The number of nitrogens with zero attached hydrogens (tertiary/aromatic N) is 3. The van der Waals surface area contributed by atoms with Crippen molar-refractivity contribution in [3.05, 3.63) is 66.6 Å². The van der Waals surface area contributed by atoms with Crippen molar-refractivity contribution < 1.29 is 14.1 Å². The largest absolute Gasteiger partial charge is 0.355 e. The number of carbonyl (C=O) groups is 2. The Hall–Kier alpha value is -3.48. The molecule has 7 nitrogen and oxygen atoms in total. The number of aromatic nitrogens is 2. The Labute approximate surface area is 162 Å². The lowest BCUT2D eigenvalue weighted by Gasteiger charge is -2.31. The number of hydrogen-bond donors (Lipinski definition) is 1. The molecule has 3 aromatic rings. The van der Waals surface area contributed by atoms with Gasteiger partial charge < -0.3 is 14.7 Å². The summed E-state index contributed by atoms with van der Waals surface area (Å²) in [4.78, 5) is 31.1. The van der Waals surface area contributed by atoms with Gasteiger partial charge in [-0.1, -0.05) is 23.4 Å². The Balaban J connectivity index is 1.42. The summed E-state index contributed by atoms with van der Waals surface area (Å²) in [6, 6.07) is 14.6. The summed E-state index contributed by atoms with van der Waals surface area (Å²) in [5.41, 5.74) is 1.75. The number of pyridine rings is 1. The van der Waals surface area contributed by atoms with Crippen molar-refractivity contribution in [2.24, 2.45) is 5.92 Å². The highest BCUT2D eigenvalue weighted by Gasteiger charge is 2.30. The van der Waals surface area contributed by atoms with Crippen LogP contribution in [0.3, 0.4) is 0 Å². The molecule has 1 atom stereocenters. The molecule has 28 heavy (non-hydrogen) atoms. The van der Waals surface area contributed by atoms with Crippen molar-refractivity contribution in [2.75, 3.05) is 18.4 Å². The van der Waals surface area contributed by atoms with Gasteiger partial charge in [0.15, 0.2) is 11.5 Å². The first-order valence-electron chi connectivity index (χ1n) is 9.23. The first-order valence-corrected chi connectivity index (χ1v) is 9.23. The fraction of sp³-hybridized carbons (Fsp3) is 0.238. The van der Waals surface area contributed by atoms with Crippen LogP contribution in [0.5, 0.6) is 0 Å². The first kappa shape index (κ1) is 17.9. The number of nitrogens with one attached hydrogen (secondary N) is 1. The predicted octanol–water partition coefficient (Wildman–Crippen LogP) is 3.23. The summed E-state index contributed by atoms with van der Waals surface area (Å²) in [5, 5.41) is 6.83. The lowest BCUT2D eigenvalue weighted by atomic mass is 9.96. The molecule has 0 radical (unpaired) electrons. The molecule has 142 valence electrons. The standard InChI is InChI=1S/C21H20N4O3/c26-20(23-17-8-2-1-3-9-17)16-7-5-11-25(14-16)21(27)18-12-19(28-24-18)15-6-4-10-22-13-15/h1-4,6,8-10,12-13,16H,5,7,11,14H2,(H,23,26)/t16-/m0/s1. The van der Waals surface area contributed by atoms with Gasteiger partial charge in [-0.05, 0) is 37.1 Å². The minimum atomic E-state index is -0.248. The molecule has 3 heterocycles. The van der Waals surface area contributed by atoms with Crippen molar-refractivity contribution in [3.8, 4) is 11.3 Å². The van der Waals surface area contributed by atoms with Gasteiger partial charge in [-0.2, -0.15) is 0 Å². The molecule has 0 unspecified atom stereocenters. The summed E-state index contributed by atoms with van der Waals surface area (Å²) in [6.07, 6.45) is 4.84. The van der Waals surface area contributed by atoms with E-state index in [2.05, 4.69) is 15.5 Å². The minimum Gasteiger partial charge on any atom is -0.355 e. The van der Waals surface area contributed by atoms with Gasteiger partial charge in [0, 0.05) is 42.8 Å². The number of carbonyl (C=O) groups excluding carboxylic acids is 2. The molecular weight excluding hydrogens is 356 g/mol. The smallest absolute Gasteiger partial charge is 0.276 e. The van der Waals surface area contributed by atoms with Crippen molar-refractivity contribution in [1.82, 2.24) is 15.0 Å². The second kappa shape index (κ2) is 8.04. The summed E-state index contributed by atoms with van der Waals surface area (Å²) in [5.74, 6) is -0.0505. The molecule has 1 fully saturated rings. The third-order valence-corrected chi connectivity index (χ3v) is 4.80. The number of rotatable bonds is 4. The Morgan fingerprint density at radius 1 is 1.14 bits per heavy atom. The van der Waals surface area contributed by atoms with Crippen LogP contribution in [-0.4, -0.2) is 39.9 Å². The molecule has 1 aliphatic rings. The maximum absolute atomic E-state index is 12.8. The van der Waals surface area contributed by atoms with Gasteiger partial charge in [0.2, 0.25) is 5.91 Å². The molecule has 1 N–H and O–H groups in total. The Kier molecular flexibility index (Phi) is 5.14. The third-order valence-electron chi connectivity index (χ3n) is 4.80. The average molecular weight is 376 g/mol. The van der Waals surface area contributed by atoms with Crippen molar-refractivity contribution in [2.45, 2.75) is 12.8 Å². The monoisotopic (exact) mass is 376 g/mol. The molecule has 2 amide bonds. The molecule has 0 bridgehead atoms. The van der Waals surface area contributed by atoms with Crippen LogP contribution in [0.1, 0.15) is 23.3 Å². The average Bonchev–Trinajstić information content (AvgIpc) is 3.25. The summed E-state index contributed by atoms with van der Waals surface area (Å²) in [6.45, 7) is 0.968. The van der Waals surface area contributed by atoms with Crippen LogP contribution in [0.2, 0.25) is 0 Å². The van der Waals surface area contributed by atoms with Crippen LogP contribution in [0.4, 0.5) is 5.69 Å². The number of benzene rings is 1. The molecular formula is C21H20N4O3. The third kappa shape index (κ3) is 3.93. The highest BCUT2D eigenvalue weighted by molar-refractivity contribution is 5.95. The number of hydrogen-bond acceptors (Lipinski definition) is 5. The van der Waals surface area contributed by atoms with E-state index in [-0.39, 0.29) is 23.4 Å². The van der Waals surface area contributed by atoms with Crippen LogP contribution in [0.25, 0.3) is 11.3 Å². The van der Waals surface area contributed by atoms with E-state index >= 15 is 0 Å². The molecule has 0 spiro atoms. The van der Waals surface area contributed by atoms with E-state index in [0.29, 0.717) is 18.8 Å². The Bertz CT molecular complexity index is 956. The van der Waals surface area contributed by atoms with E-state index in [9.17, 15) is 9.59 Å². The fourth-order valence-corrected chi connectivity index (χ4v) is 3.32. The molecule has 1 aromatic carbocycles.